The summed E-state index contributed by atoms with van der Waals surface area (Å²) in [6, 6.07) is 9.98. The Hall–Kier alpha value is -3.78. The van der Waals surface area contributed by atoms with Crippen LogP contribution in [0.5, 0.6) is 0 Å². The molecule has 1 aliphatic carbocycles. The van der Waals surface area contributed by atoms with Gasteiger partial charge in [0, 0.05) is 43.6 Å². The van der Waals surface area contributed by atoms with E-state index in [9.17, 15) is 9.90 Å². The van der Waals surface area contributed by atoms with Crippen molar-refractivity contribution in [2.75, 3.05) is 18.6 Å². The summed E-state index contributed by atoms with van der Waals surface area (Å²) in [5, 5.41) is 15.9. The molecule has 36 heavy (non-hydrogen) atoms. The number of aryl methyl sites for hydroxylation is 1. The van der Waals surface area contributed by atoms with Crippen molar-refractivity contribution in [1.82, 2.24) is 24.6 Å². The van der Waals surface area contributed by atoms with Crippen LogP contribution >= 0.6 is 0 Å². The fraction of sp³-hybridized carbons (Fsp3) is 0.357. The standard InChI is InChI=1S/C28H30N6O2/c1-32-17-34(24-7-3-4-8-25(24)35)28(36)22-13-19(21-6-5-11-29-26(21)27(22)32)12-18-9-10-23(30-14-18)20-15-31-33(2)16-20/h5-6,9-11,13-16,24-25,35H,3-4,7-8,12,17H2,1-2H3/t24-,25-/m0/s1. The number of benzene rings is 1. The summed E-state index contributed by atoms with van der Waals surface area (Å²) in [4.78, 5) is 27.1. The molecule has 0 saturated heterocycles. The van der Waals surface area contributed by atoms with E-state index < -0.39 is 6.10 Å². The molecular weight excluding hydrogens is 452 g/mol. The smallest absolute Gasteiger partial charge is 0.257 e. The van der Waals surface area contributed by atoms with Crippen LogP contribution in [0.4, 0.5) is 5.69 Å². The number of carbonyl (C=O) groups excluding carboxylic acids is 1. The highest BCUT2D eigenvalue weighted by Crippen LogP contribution is 2.38. The minimum absolute atomic E-state index is 0.0205. The van der Waals surface area contributed by atoms with E-state index in [1.807, 2.05) is 55.8 Å². The van der Waals surface area contributed by atoms with Gasteiger partial charge in [-0.1, -0.05) is 25.0 Å². The zero-order valence-corrected chi connectivity index (χ0v) is 20.6. The van der Waals surface area contributed by atoms with E-state index in [0.29, 0.717) is 18.7 Å². The molecule has 1 aromatic carbocycles. The third-order valence-corrected chi connectivity index (χ3v) is 7.50. The molecule has 0 unspecified atom stereocenters. The van der Waals surface area contributed by atoms with Crippen LogP contribution in [0, 0.1) is 0 Å². The molecule has 1 N–H and O–H groups in total. The lowest BCUT2D eigenvalue weighted by atomic mass is 9.89. The SMILES string of the molecule is CN1CN([C@H]2CCCC[C@@H]2O)C(=O)c2cc(Cc3ccc(-c4cnn(C)c4)nc3)c3cccnc3c21. The molecule has 8 heteroatoms. The third kappa shape index (κ3) is 3.91. The zero-order valence-electron chi connectivity index (χ0n) is 20.6. The first-order valence-electron chi connectivity index (χ1n) is 12.5. The average Bonchev–Trinajstić information content (AvgIpc) is 3.33. The normalized spacial score (nSPS) is 20.1. The summed E-state index contributed by atoms with van der Waals surface area (Å²) in [5.41, 5.74) is 6.32. The van der Waals surface area contributed by atoms with Crippen molar-refractivity contribution in [3.63, 3.8) is 0 Å². The summed E-state index contributed by atoms with van der Waals surface area (Å²) >= 11 is 0. The van der Waals surface area contributed by atoms with E-state index in [4.69, 9.17) is 4.98 Å². The van der Waals surface area contributed by atoms with Crippen molar-refractivity contribution >= 4 is 22.5 Å². The van der Waals surface area contributed by atoms with Crippen molar-refractivity contribution in [3.8, 4) is 11.3 Å². The van der Waals surface area contributed by atoms with Crippen molar-refractivity contribution < 1.29 is 9.90 Å². The van der Waals surface area contributed by atoms with Gasteiger partial charge in [0.05, 0.1) is 47.5 Å². The molecule has 8 nitrogen and oxygen atoms in total. The predicted molar refractivity (Wildman–Crippen MR) is 139 cm³/mol. The van der Waals surface area contributed by atoms with E-state index in [-0.39, 0.29) is 11.9 Å². The maximum absolute atomic E-state index is 13.8. The number of hydrogen-bond donors (Lipinski definition) is 1. The molecule has 0 spiro atoms. The fourth-order valence-electron chi connectivity index (χ4n) is 5.70. The molecule has 1 aliphatic heterocycles. The van der Waals surface area contributed by atoms with E-state index in [1.54, 1.807) is 10.9 Å². The number of nitrogens with zero attached hydrogens (tertiary/aromatic N) is 6. The van der Waals surface area contributed by atoms with Gasteiger partial charge in [-0.3, -0.25) is 19.4 Å². The van der Waals surface area contributed by atoms with Gasteiger partial charge in [0.1, 0.15) is 0 Å². The van der Waals surface area contributed by atoms with Crippen LogP contribution < -0.4 is 4.90 Å². The van der Waals surface area contributed by atoms with Crippen LogP contribution in [0.25, 0.3) is 22.2 Å². The molecule has 184 valence electrons. The first-order valence-corrected chi connectivity index (χ1v) is 12.5. The van der Waals surface area contributed by atoms with Gasteiger partial charge in [-0.05, 0) is 48.6 Å². The Morgan fingerprint density at radius 1 is 1.08 bits per heavy atom. The lowest BCUT2D eigenvalue weighted by molar-refractivity contribution is 0.0167. The molecule has 3 aromatic heterocycles. The van der Waals surface area contributed by atoms with Gasteiger partial charge in [0.25, 0.3) is 5.91 Å². The molecule has 4 heterocycles. The maximum atomic E-state index is 13.8. The number of hydrogen-bond acceptors (Lipinski definition) is 6. The Morgan fingerprint density at radius 3 is 2.69 bits per heavy atom. The van der Waals surface area contributed by atoms with Crippen LogP contribution in [-0.4, -0.2) is 61.5 Å². The first kappa shape index (κ1) is 22.7. The first-order chi connectivity index (χ1) is 17.5. The summed E-state index contributed by atoms with van der Waals surface area (Å²) in [7, 11) is 3.89. The van der Waals surface area contributed by atoms with Crippen molar-refractivity contribution in [2.45, 2.75) is 44.2 Å². The van der Waals surface area contributed by atoms with Gasteiger partial charge < -0.3 is 14.9 Å². The molecular formula is C28H30N6O2. The van der Waals surface area contributed by atoms with Gasteiger partial charge in [-0.15, -0.1) is 0 Å². The second kappa shape index (κ2) is 9.02. The monoisotopic (exact) mass is 482 g/mol. The number of carbonyl (C=O) groups is 1. The predicted octanol–water partition coefficient (Wildman–Crippen LogP) is 3.77. The van der Waals surface area contributed by atoms with Crippen molar-refractivity contribution in [1.29, 1.82) is 0 Å². The third-order valence-electron chi connectivity index (χ3n) is 7.50. The lowest BCUT2D eigenvalue weighted by Gasteiger charge is -2.43. The average molecular weight is 483 g/mol. The second-order valence-electron chi connectivity index (χ2n) is 10.00. The summed E-state index contributed by atoms with van der Waals surface area (Å²) < 4.78 is 1.76. The molecule has 6 rings (SSSR count). The highest BCUT2D eigenvalue weighted by Gasteiger charge is 2.38. The molecule has 1 fully saturated rings. The Morgan fingerprint density at radius 2 is 1.94 bits per heavy atom. The summed E-state index contributed by atoms with van der Waals surface area (Å²) in [6.07, 6.45) is 11.2. The highest BCUT2D eigenvalue weighted by molar-refractivity contribution is 6.10. The Bertz CT molecular complexity index is 1430. The Kier molecular flexibility index (Phi) is 5.68. The van der Waals surface area contributed by atoms with Crippen LogP contribution in [0.1, 0.15) is 47.2 Å². The summed E-state index contributed by atoms with van der Waals surface area (Å²) in [6.45, 7) is 0.457. The van der Waals surface area contributed by atoms with Crippen molar-refractivity contribution in [3.05, 3.63) is 71.8 Å². The number of rotatable bonds is 4. The molecule has 1 saturated carbocycles. The van der Waals surface area contributed by atoms with Gasteiger partial charge in [-0.2, -0.15) is 5.10 Å². The topological polar surface area (TPSA) is 87.4 Å². The Labute approximate surface area is 210 Å². The van der Waals surface area contributed by atoms with E-state index in [0.717, 1.165) is 64.7 Å². The van der Waals surface area contributed by atoms with Crippen LogP contribution in [0.15, 0.2) is 55.1 Å². The van der Waals surface area contributed by atoms with Crippen LogP contribution in [0.3, 0.4) is 0 Å². The number of aliphatic hydroxyl groups is 1. The number of aliphatic hydroxyl groups excluding tert-OH is 1. The number of fused-ring (bicyclic) bond motifs is 3. The van der Waals surface area contributed by atoms with Gasteiger partial charge in [0.15, 0.2) is 0 Å². The van der Waals surface area contributed by atoms with Crippen molar-refractivity contribution in [2.24, 2.45) is 7.05 Å². The van der Waals surface area contributed by atoms with Gasteiger partial charge >= 0.3 is 0 Å². The Balaban J connectivity index is 1.38. The molecule has 2 aliphatic rings. The van der Waals surface area contributed by atoms with Gasteiger partial charge in [-0.25, -0.2) is 0 Å². The molecule has 0 bridgehead atoms. The number of amides is 1. The zero-order chi connectivity index (χ0) is 24.8. The largest absolute Gasteiger partial charge is 0.391 e. The quantitative estimate of drug-likeness (QED) is 0.476. The lowest BCUT2D eigenvalue weighted by Crippen LogP contribution is -2.55. The molecule has 4 aromatic rings. The maximum Gasteiger partial charge on any atom is 0.257 e. The molecule has 1 amide bonds. The van der Waals surface area contributed by atoms with Crippen LogP contribution in [0.2, 0.25) is 0 Å². The van der Waals surface area contributed by atoms with Crippen LogP contribution in [-0.2, 0) is 13.5 Å². The highest BCUT2D eigenvalue weighted by atomic mass is 16.3. The second-order valence-corrected chi connectivity index (χ2v) is 10.00. The van der Waals surface area contributed by atoms with E-state index >= 15 is 0 Å². The number of anilines is 1. The fourth-order valence-corrected chi connectivity index (χ4v) is 5.70. The minimum atomic E-state index is -0.472. The molecule has 2 atom stereocenters. The number of pyridine rings is 2. The summed E-state index contributed by atoms with van der Waals surface area (Å²) in [5.74, 6) is -0.0205. The van der Waals surface area contributed by atoms with Gasteiger partial charge in [0.2, 0.25) is 0 Å². The molecule has 0 radical (unpaired) electrons. The van der Waals surface area contributed by atoms with E-state index in [2.05, 4.69) is 27.1 Å². The van der Waals surface area contributed by atoms with E-state index in [1.165, 1.54) is 0 Å². The minimum Gasteiger partial charge on any atom is -0.391 e. The number of aromatic nitrogens is 4.